The van der Waals surface area contributed by atoms with Crippen molar-refractivity contribution in [2.75, 3.05) is 20.2 Å². The number of carbonyl (C=O) groups is 1. The Labute approximate surface area is 222 Å². The fourth-order valence-electron chi connectivity index (χ4n) is 4.38. The molecule has 2 N–H and O–H groups in total. The number of amides is 2. The maximum atomic E-state index is 13.2. The van der Waals surface area contributed by atoms with Gasteiger partial charge in [0.15, 0.2) is 17.4 Å². The maximum Gasteiger partial charge on any atom is 0.317 e. The van der Waals surface area contributed by atoms with Gasteiger partial charge in [-0.15, -0.1) is 0 Å². The quantitative estimate of drug-likeness (QED) is 0.256. The molecule has 0 atom stereocenters. The standard InChI is InChI=1S/C30H43N3O4/c1-23(37-30(2,3)4)31-18-11-19-33(29(34)32-26-14-9-10-15-26)21-25-16-17-27(28(20-25)35-5)36-22-24-12-7-6-8-13-24/h6-8,12-13,16-17,20,26,31H,1,9-11,14-15,18-19,21-22H2,2-5H3,(H,32,34). The smallest absolute Gasteiger partial charge is 0.317 e. The fraction of sp³-hybridized carbons (Fsp3) is 0.500. The number of rotatable bonds is 13. The number of hydrogen-bond donors (Lipinski definition) is 2. The van der Waals surface area contributed by atoms with Gasteiger partial charge in [0, 0.05) is 25.7 Å². The Hall–Kier alpha value is -3.35. The largest absolute Gasteiger partial charge is 0.493 e. The van der Waals surface area contributed by atoms with Crippen molar-refractivity contribution in [1.29, 1.82) is 0 Å². The molecule has 37 heavy (non-hydrogen) atoms. The van der Waals surface area contributed by atoms with E-state index in [0.717, 1.165) is 30.4 Å². The zero-order chi connectivity index (χ0) is 26.7. The molecular weight excluding hydrogens is 466 g/mol. The Morgan fingerprint density at radius 3 is 2.46 bits per heavy atom. The van der Waals surface area contributed by atoms with Crippen LogP contribution in [0.2, 0.25) is 0 Å². The third-order valence-electron chi connectivity index (χ3n) is 6.16. The third kappa shape index (κ3) is 9.90. The maximum absolute atomic E-state index is 13.2. The van der Waals surface area contributed by atoms with Gasteiger partial charge in [0.25, 0.3) is 0 Å². The molecule has 2 aromatic carbocycles. The van der Waals surface area contributed by atoms with Crippen LogP contribution in [0.5, 0.6) is 11.5 Å². The molecule has 0 unspecified atom stereocenters. The lowest BCUT2D eigenvalue weighted by atomic mass is 10.1. The van der Waals surface area contributed by atoms with Crippen LogP contribution in [-0.2, 0) is 17.9 Å². The molecule has 0 bridgehead atoms. The Morgan fingerprint density at radius 2 is 1.78 bits per heavy atom. The Kier molecular flexibility index (Phi) is 10.5. The van der Waals surface area contributed by atoms with Crippen LogP contribution in [0.4, 0.5) is 4.79 Å². The van der Waals surface area contributed by atoms with Crippen LogP contribution in [0.15, 0.2) is 61.0 Å². The minimum absolute atomic E-state index is 0.0277. The van der Waals surface area contributed by atoms with Gasteiger partial charge in [0.2, 0.25) is 0 Å². The van der Waals surface area contributed by atoms with Crippen LogP contribution < -0.4 is 20.1 Å². The van der Waals surface area contributed by atoms with E-state index in [1.165, 1.54) is 12.8 Å². The summed E-state index contributed by atoms with van der Waals surface area (Å²) in [6.45, 7) is 12.1. The molecule has 0 radical (unpaired) electrons. The highest BCUT2D eigenvalue weighted by Crippen LogP contribution is 2.29. The summed E-state index contributed by atoms with van der Waals surface area (Å²) in [7, 11) is 1.64. The lowest BCUT2D eigenvalue weighted by molar-refractivity contribution is 0.0414. The summed E-state index contributed by atoms with van der Waals surface area (Å²) in [5.41, 5.74) is 1.78. The third-order valence-corrected chi connectivity index (χ3v) is 6.16. The van der Waals surface area contributed by atoms with Gasteiger partial charge in [0.05, 0.1) is 7.11 Å². The molecule has 0 heterocycles. The summed E-state index contributed by atoms with van der Waals surface area (Å²) in [5.74, 6) is 1.88. The first-order valence-electron chi connectivity index (χ1n) is 13.2. The van der Waals surface area contributed by atoms with Gasteiger partial charge in [-0.2, -0.15) is 0 Å². The molecule has 3 rings (SSSR count). The number of nitrogens with zero attached hydrogens (tertiary/aromatic N) is 1. The predicted octanol–water partition coefficient (Wildman–Crippen LogP) is 5.99. The summed E-state index contributed by atoms with van der Waals surface area (Å²) in [6, 6.07) is 16.1. The second kappa shape index (κ2) is 13.8. The van der Waals surface area contributed by atoms with Crippen molar-refractivity contribution in [1.82, 2.24) is 15.5 Å². The number of urea groups is 1. The summed E-state index contributed by atoms with van der Waals surface area (Å²) < 4.78 is 17.3. The molecule has 0 spiro atoms. The fourth-order valence-corrected chi connectivity index (χ4v) is 4.38. The van der Waals surface area contributed by atoms with Crippen LogP contribution in [0.25, 0.3) is 0 Å². The van der Waals surface area contributed by atoms with Gasteiger partial charge < -0.3 is 29.7 Å². The number of hydrogen-bond acceptors (Lipinski definition) is 5. The lowest BCUT2D eigenvalue weighted by Gasteiger charge is -2.26. The van der Waals surface area contributed by atoms with Gasteiger partial charge in [-0.3, -0.25) is 0 Å². The summed E-state index contributed by atoms with van der Waals surface area (Å²) in [5, 5.41) is 6.44. The molecule has 0 saturated heterocycles. The van der Waals surface area contributed by atoms with Crippen LogP contribution >= 0.6 is 0 Å². The van der Waals surface area contributed by atoms with Gasteiger partial charge >= 0.3 is 6.03 Å². The van der Waals surface area contributed by atoms with E-state index in [-0.39, 0.29) is 17.7 Å². The van der Waals surface area contributed by atoms with E-state index in [2.05, 4.69) is 17.2 Å². The van der Waals surface area contributed by atoms with Crippen LogP contribution in [-0.4, -0.2) is 42.8 Å². The van der Waals surface area contributed by atoms with E-state index < -0.39 is 0 Å². The number of benzene rings is 2. The molecular formula is C30H43N3O4. The zero-order valence-electron chi connectivity index (χ0n) is 22.8. The van der Waals surface area contributed by atoms with Gasteiger partial charge in [-0.1, -0.05) is 49.2 Å². The number of methoxy groups -OCH3 is 1. The number of ether oxygens (including phenoxy) is 3. The highest BCUT2D eigenvalue weighted by Gasteiger charge is 2.21. The molecule has 1 aliphatic rings. The van der Waals surface area contributed by atoms with E-state index in [4.69, 9.17) is 14.2 Å². The van der Waals surface area contributed by atoms with E-state index in [1.807, 2.05) is 74.2 Å². The Morgan fingerprint density at radius 1 is 1.05 bits per heavy atom. The minimum Gasteiger partial charge on any atom is -0.493 e. The summed E-state index contributed by atoms with van der Waals surface area (Å²) >= 11 is 0. The van der Waals surface area contributed by atoms with Crippen LogP contribution in [0.1, 0.15) is 64.0 Å². The van der Waals surface area contributed by atoms with Crippen LogP contribution in [0, 0.1) is 0 Å². The SMILES string of the molecule is C=C(NCCCN(Cc1ccc(OCc2ccccc2)c(OC)c1)C(=O)NC1CCCC1)OC(C)(C)C. The molecule has 0 aromatic heterocycles. The molecule has 1 aliphatic carbocycles. The van der Waals surface area contributed by atoms with E-state index >= 15 is 0 Å². The second-order valence-corrected chi connectivity index (χ2v) is 10.5. The van der Waals surface area contributed by atoms with Crippen molar-refractivity contribution in [3.8, 4) is 11.5 Å². The number of carbonyl (C=O) groups excluding carboxylic acids is 1. The van der Waals surface area contributed by atoms with Crippen molar-refractivity contribution in [2.24, 2.45) is 0 Å². The van der Waals surface area contributed by atoms with E-state index in [0.29, 0.717) is 43.6 Å². The second-order valence-electron chi connectivity index (χ2n) is 10.5. The molecule has 7 nitrogen and oxygen atoms in total. The summed E-state index contributed by atoms with van der Waals surface area (Å²) in [4.78, 5) is 15.1. The topological polar surface area (TPSA) is 72.1 Å². The average molecular weight is 510 g/mol. The molecule has 202 valence electrons. The van der Waals surface area contributed by atoms with Crippen molar-refractivity contribution in [3.63, 3.8) is 0 Å². The van der Waals surface area contributed by atoms with Crippen LogP contribution in [0.3, 0.4) is 0 Å². The van der Waals surface area contributed by atoms with Crippen molar-refractivity contribution in [3.05, 3.63) is 72.1 Å². The first-order valence-corrected chi connectivity index (χ1v) is 13.2. The molecule has 1 saturated carbocycles. The average Bonchev–Trinajstić information content (AvgIpc) is 3.37. The van der Waals surface area contributed by atoms with Gasteiger partial charge in [0.1, 0.15) is 12.2 Å². The predicted molar refractivity (Wildman–Crippen MR) is 148 cm³/mol. The zero-order valence-corrected chi connectivity index (χ0v) is 22.8. The molecule has 2 aromatic rings. The van der Waals surface area contributed by atoms with Gasteiger partial charge in [-0.05, 0) is 69.9 Å². The first-order chi connectivity index (χ1) is 17.7. The normalized spacial score (nSPS) is 13.6. The Balaban J connectivity index is 1.61. The highest BCUT2D eigenvalue weighted by molar-refractivity contribution is 5.74. The van der Waals surface area contributed by atoms with Crippen molar-refractivity contribution in [2.45, 2.75) is 77.7 Å². The molecule has 0 aliphatic heterocycles. The van der Waals surface area contributed by atoms with E-state index in [1.54, 1.807) is 7.11 Å². The van der Waals surface area contributed by atoms with E-state index in [9.17, 15) is 4.79 Å². The minimum atomic E-state index is -0.298. The Bertz CT molecular complexity index is 998. The molecule has 2 amide bonds. The number of nitrogens with one attached hydrogen (secondary N) is 2. The lowest BCUT2D eigenvalue weighted by Crippen LogP contribution is -2.44. The molecule has 7 heteroatoms. The van der Waals surface area contributed by atoms with Crippen molar-refractivity contribution < 1.29 is 19.0 Å². The van der Waals surface area contributed by atoms with Gasteiger partial charge in [-0.25, -0.2) is 4.79 Å². The first kappa shape index (κ1) is 28.2. The molecule has 1 fully saturated rings. The monoisotopic (exact) mass is 509 g/mol. The van der Waals surface area contributed by atoms with Crippen molar-refractivity contribution >= 4 is 6.03 Å². The highest BCUT2D eigenvalue weighted by atomic mass is 16.5. The summed E-state index contributed by atoms with van der Waals surface area (Å²) in [6.07, 6.45) is 5.21.